The highest BCUT2D eigenvalue weighted by molar-refractivity contribution is 5.89. The molecule has 2 aliphatic heterocycles. The van der Waals surface area contributed by atoms with Crippen LogP contribution < -0.4 is 15.4 Å². The minimum absolute atomic E-state index is 0.125. The standard InChI is InChI=1S/C17H20F5N3O2/c18-15(19)27-14-2-1-12(7-13(14)17(20,21)22)24-16(26)25-5-3-10-8-23-9-11(10)4-6-25/h1-2,7,10-11,15,23H,3-6,8-9H2,(H,24,26)/t10-,11+. The summed E-state index contributed by atoms with van der Waals surface area (Å²) in [5, 5.41) is 5.75. The fourth-order valence-corrected chi connectivity index (χ4v) is 3.65. The molecule has 0 radical (unpaired) electrons. The normalized spacial score (nSPS) is 23.1. The number of anilines is 1. The van der Waals surface area contributed by atoms with Crippen LogP contribution in [0.25, 0.3) is 0 Å². The van der Waals surface area contributed by atoms with Gasteiger partial charge in [0.15, 0.2) is 0 Å². The number of nitrogens with zero attached hydrogens (tertiary/aromatic N) is 1. The molecular weight excluding hydrogens is 373 g/mol. The highest BCUT2D eigenvalue weighted by Gasteiger charge is 2.36. The van der Waals surface area contributed by atoms with E-state index in [0.29, 0.717) is 31.0 Å². The number of amides is 2. The first-order chi connectivity index (χ1) is 12.7. The summed E-state index contributed by atoms with van der Waals surface area (Å²) in [6, 6.07) is 2.00. The molecule has 1 aromatic carbocycles. The van der Waals surface area contributed by atoms with Crippen LogP contribution in [0.2, 0.25) is 0 Å². The Morgan fingerprint density at radius 2 is 1.81 bits per heavy atom. The molecule has 2 saturated heterocycles. The van der Waals surface area contributed by atoms with Gasteiger partial charge in [0.25, 0.3) is 0 Å². The molecule has 0 spiro atoms. The van der Waals surface area contributed by atoms with Crippen molar-refractivity contribution in [2.45, 2.75) is 25.6 Å². The predicted octanol–water partition coefficient (Wildman–Crippen LogP) is 3.77. The maximum absolute atomic E-state index is 13.1. The van der Waals surface area contributed by atoms with Gasteiger partial charge < -0.3 is 20.3 Å². The minimum atomic E-state index is -4.89. The molecule has 1 aromatic rings. The number of alkyl halides is 5. The second-order valence-electron chi connectivity index (χ2n) is 6.76. The molecule has 27 heavy (non-hydrogen) atoms. The SMILES string of the molecule is O=C(Nc1ccc(OC(F)F)c(C(F)(F)F)c1)N1CC[C@@H]2CNC[C@@H]2CC1. The zero-order chi connectivity index (χ0) is 19.6. The van der Waals surface area contributed by atoms with Gasteiger partial charge in [-0.15, -0.1) is 0 Å². The summed E-state index contributed by atoms with van der Waals surface area (Å²) in [5.74, 6) is 0.0291. The number of fused-ring (bicyclic) bond motifs is 1. The van der Waals surface area contributed by atoms with Crippen molar-refractivity contribution >= 4 is 11.7 Å². The Labute approximate surface area is 152 Å². The first-order valence-corrected chi connectivity index (χ1v) is 8.66. The topological polar surface area (TPSA) is 53.6 Å². The average Bonchev–Trinajstić information content (AvgIpc) is 2.93. The lowest BCUT2D eigenvalue weighted by atomic mass is 9.92. The van der Waals surface area contributed by atoms with Crippen molar-refractivity contribution in [2.24, 2.45) is 11.8 Å². The molecule has 0 aromatic heterocycles. The molecule has 150 valence electrons. The quantitative estimate of drug-likeness (QED) is 0.769. The number of likely N-dealkylation sites (tertiary alicyclic amines) is 1. The van der Waals surface area contributed by atoms with Crippen LogP contribution in [-0.2, 0) is 6.18 Å². The summed E-state index contributed by atoms with van der Waals surface area (Å²) in [5.41, 5.74) is -1.49. The molecule has 2 fully saturated rings. The summed E-state index contributed by atoms with van der Waals surface area (Å²) < 4.78 is 67.8. The molecule has 0 unspecified atom stereocenters. The zero-order valence-corrected chi connectivity index (χ0v) is 14.4. The number of nitrogens with one attached hydrogen (secondary N) is 2. The highest BCUT2D eigenvalue weighted by atomic mass is 19.4. The van der Waals surface area contributed by atoms with E-state index in [1.54, 1.807) is 4.90 Å². The Morgan fingerprint density at radius 1 is 1.19 bits per heavy atom. The molecule has 2 heterocycles. The third kappa shape index (κ3) is 4.79. The maximum Gasteiger partial charge on any atom is 0.420 e. The van der Waals surface area contributed by atoms with E-state index in [0.717, 1.165) is 38.1 Å². The number of rotatable bonds is 3. The fraction of sp³-hybridized carbons (Fsp3) is 0.588. The Balaban J connectivity index is 1.70. The summed E-state index contributed by atoms with van der Waals surface area (Å²) in [7, 11) is 0. The molecule has 2 amide bonds. The number of ether oxygens (including phenoxy) is 1. The van der Waals surface area contributed by atoms with E-state index >= 15 is 0 Å². The molecule has 2 aliphatic rings. The third-order valence-electron chi connectivity index (χ3n) is 5.06. The number of hydrogen-bond donors (Lipinski definition) is 2. The van der Waals surface area contributed by atoms with Crippen molar-refractivity contribution in [3.05, 3.63) is 23.8 Å². The highest BCUT2D eigenvalue weighted by Crippen LogP contribution is 2.38. The number of carbonyl (C=O) groups excluding carboxylic acids is 1. The van der Waals surface area contributed by atoms with Gasteiger partial charge in [0.05, 0.1) is 5.56 Å². The zero-order valence-electron chi connectivity index (χ0n) is 14.4. The predicted molar refractivity (Wildman–Crippen MR) is 87.8 cm³/mol. The summed E-state index contributed by atoms with van der Waals surface area (Å²) in [6.07, 6.45) is -3.22. The molecule has 5 nitrogen and oxygen atoms in total. The lowest BCUT2D eigenvalue weighted by Crippen LogP contribution is -2.36. The molecule has 0 bridgehead atoms. The summed E-state index contributed by atoms with van der Waals surface area (Å²) in [4.78, 5) is 14.0. The Hall–Kier alpha value is -2.10. The van der Waals surface area contributed by atoms with Crippen LogP contribution in [0.15, 0.2) is 18.2 Å². The van der Waals surface area contributed by atoms with E-state index in [1.807, 2.05) is 0 Å². The van der Waals surface area contributed by atoms with Gasteiger partial charge in [-0.3, -0.25) is 0 Å². The Morgan fingerprint density at radius 3 is 2.37 bits per heavy atom. The van der Waals surface area contributed by atoms with Gasteiger partial charge in [-0.05, 0) is 56.0 Å². The second-order valence-corrected chi connectivity index (χ2v) is 6.76. The van der Waals surface area contributed by atoms with Gasteiger partial charge in [-0.1, -0.05) is 0 Å². The van der Waals surface area contributed by atoms with Crippen LogP contribution in [0.3, 0.4) is 0 Å². The Bertz CT molecular complexity index is 669. The lowest BCUT2D eigenvalue weighted by Gasteiger charge is -2.22. The van der Waals surface area contributed by atoms with Crippen LogP contribution in [0.4, 0.5) is 32.4 Å². The van der Waals surface area contributed by atoms with Gasteiger partial charge >= 0.3 is 18.8 Å². The van der Waals surface area contributed by atoms with E-state index in [2.05, 4.69) is 15.4 Å². The van der Waals surface area contributed by atoms with Crippen LogP contribution in [0.1, 0.15) is 18.4 Å². The molecule has 10 heteroatoms. The molecule has 0 aliphatic carbocycles. The number of benzene rings is 1. The number of urea groups is 1. The number of carbonyl (C=O) groups is 1. The summed E-state index contributed by atoms with van der Waals surface area (Å²) >= 11 is 0. The van der Waals surface area contributed by atoms with E-state index < -0.39 is 30.1 Å². The van der Waals surface area contributed by atoms with Crippen LogP contribution >= 0.6 is 0 Å². The minimum Gasteiger partial charge on any atom is -0.434 e. The molecule has 3 rings (SSSR count). The van der Waals surface area contributed by atoms with Crippen LogP contribution in [0.5, 0.6) is 5.75 Å². The lowest BCUT2D eigenvalue weighted by molar-refractivity contribution is -0.141. The molecule has 2 atom stereocenters. The van der Waals surface area contributed by atoms with Gasteiger partial charge in [-0.2, -0.15) is 22.0 Å². The van der Waals surface area contributed by atoms with Crippen molar-refractivity contribution in [1.82, 2.24) is 10.2 Å². The fourth-order valence-electron chi connectivity index (χ4n) is 3.65. The van der Waals surface area contributed by atoms with Crippen molar-refractivity contribution in [3.8, 4) is 5.75 Å². The van der Waals surface area contributed by atoms with Gasteiger partial charge in [0, 0.05) is 18.8 Å². The second kappa shape index (κ2) is 7.87. The van der Waals surface area contributed by atoms with E-state index in [9.17, 15) is 26.7 Å². The molecule has 2 N–H and O–H groups in total. The van der Waals surface area contributed by atoms with E-state index in [1.165, 1.54) is 0 Å². The van der Waals surface area contributed by atoms with Crippen molar-refractivity contribution in [2.75, 3.05) is 31.5 Å². The summed E-state index contributed by atoms with van der Waals surface area (Å²) in [6.45, 7) is -0.500. The van der Waals surface area contributed by atoms with Gasteiger partial charge in [0.1, 0.15) is 5.75 Å². The number of halogens is 5. The van der Waals surface area contributed by atoms with E-state index in [4.69, 9.17) is 0 Å². The van der Waals surface area contributed by atoms with E-state index in [-0.39, 0.29) is 5.69 Å². The largest absolute Gasteiger partial charge is 0.434 e. The van der Waals surface area contributed by atoms with Crippen molar-refractivity contribution < 1.29 is 31.5 Å². The molecular formula is C17H20F5N3O2. The Kier molecular flexibility index (Phi) is 5.73. The van der Waals surface area contributed by atoms with Gasteiger partial charge in [0.2, 0.25) is 0 Å². The van der Waals surface area contributed by atoms with Crippen LogP contribution in [0, 0.1) is 11.8 Å². The number of hydrogen-bond acceptors (Lipinski definition) is 3. The molecule has 0 saturated carbocycles. The third-order valence-corrected chi connectivity index (χ3v) is 5.06. The first kappa shape index (κ1) is 19.7. The monoisotopic (exact) mass is 393 g/mol. The maximum atomic E-state index is 13.1. The smallest absolute Gasteiger partial charge is 0.420 e. The first-order valence-electron chi connectivity index (χ1n) is 8.66. The van der Waals surface area contributed by atoms with Crippen molar-refractivity contribution in [3.63, 3.8) is 0 Å². The average molecular weight is 393 g/mol. The van der Waals surface area contributed by atoms with Crippen molar-refractivity contribution in [1.29, 1.82) is 0 Å². The van der Waals surface area contributed by atoms with Crippen LogP contribution in [-0.4, -0.2) is 43.7 Å². The van der Waals surface area contributed by atoms with Gasteiger partial charge in [-0.25, -0.2) is 4.79 Å².